The van der Waals surface area contributed by atoms with Gasteiger partial charge in [-0.1, -0.05) is 23.2 Å². The van der Waals surface area contributed by atoms with Crippen LogP contribution in [0.15, 0.2) is 36.4 Å². The fourth-order valence-electron chi connectivity index (χ4n) is 1.68. The molecule has 0 heterocycles. The van der Waals surface area contributed by atoms with E-state index in [0.29, 0.717) is 32.6 Å². The molecule has 2 aromatic carbocycles. The number of benzene rings is 2. The summed E-state index contributed by atoms with van der Waals surface area (Å²) in [4.78, 5) is 12.4. The maximum Gasteiger partial charge on any atom is 0.196 e. The van der Waals surface area contributed by atoms with Crippen LogP contribution in [0.2, 0.25) is 10.0 Å². The van der Waals surface area contributed by atoms with Gasteiger partial charge in [-0.05, 0) is 36.4 Å². The van der Waals surface area contributed by atoms with Gasteiger partial charge in [0.05, 0.1) is 12.1 Å². The molecule has 0 spiro atoms. The molecular formula is C14H11Cl2NO2. The average molecular weight is 296 g/mol. The van der Waals surface area contributed by atoms with Crippen molar-refractivity contribution in [3.63, 3.8) is 0 Å². The molecule has 2 rings (SSSR count). The van der Waals surface area contributed by atoms with Crippen LogP contribution in [0.5, 0.6) is 5.75 Å². The molecule has 2 aromatic rings. The third kappa shape index (κ3) is 2.83. The van der Waals surface area contributed by atoms with Gasteiger partial charge in [-0.2, -0.15) is 0 Å². The Hall–Kier alpha value is -1.71. The minimum Gasteiger partial charge on any atom is -0.497 e. The summed E-state index contributed by atoms with van der Waals surface area (Å²) in [6, 6.07) is 9.60. The van der Waals surface area contributed by atoms with Crippen LogP contribution in [0, 0.1) is 0 Å². The van der Waals surface area contributed by atoms with Crippen molar-refractivity contribution in [1.82, 2.24) is 0 Å². The molecule has 0 unspecified atom stereocenters. The highest BCUT2D eigenvalue weighted by Crippen LogP contribution is 2.27. The number of ketones is 1. The number of nitrogen functional groups attached to an aromatic ring is 1. The standard InChI is InChI=1S/C14H11Cl2NO2/c1-19-9-3-5-13(17)11(7-9)14(18)10-6-8(15)2-4-12(10)16/h2-7H,17H2,1H3. The Kier molecular flexibility index (Phi) is 3.98. The van der Waals surface area contributed by atoms with E-state index >= 15 is 0 Å². The normalized spacial score (nSPS) is 10.3. The zero-order valence-corrected chi connectivity index (χ0v) is 11.6. The predicted octanol–water partition coefficient (Wildman–Crippen LogP) is 3.82. The Morgan fingerprint density at radius 3 is 2.53 bits per heavy atom. The maximum atomic E-state index is 12.4. The number of halogens is 2. The molecule has 0 saturated carbocycles. The van der Waals surface area contributed by atoms with Crippen LogP contribution < -0.4 is 10.5 Å². The van der Waals surface area contributed by atoms with Crippen molar-refractivity contribution in [1.29, 1.82) is 0 Å². The first-order chi connectivity index (χ1) is 9.02. The van der Waals surface area contributed by atoms with E-state index in [1.165, 1.54) is 13.2 Å². The molecule has 2 N–H and O–H groups in total. The fourth-order valence-corrected chi connectivity index (χ4v) is 2.05. The van der Waals surface area contributed by atoms with Crippen molar-refractivity contribution in [3.8, 4) is 5.75 Å². The number of hydrogen-bond acceptors (Lipinski definition) is 3. The highest BCUT2D eigenvalue weighted by atomic mass is 35.5. The molecule has 0 saturated heterocycles. The number of ether oxygens (including phenoxy) is 1. The number of methoxy groups -OCH3 is 1. The van der Waals surface area contributed by atoms with Crippen LogP contribution in [0.1, 0.15) is 15.9 Å². The van der Waals surface area contributed by atoms with E-state index in [1.54, 1.807) is 30.3 Å². The van der Waals surface area contributed by atoms with Gasteiger partial charge in [0.2, 0.25) is 0 Å². The topological polar surface area (TPSA) is 52.3 Å². The molecule has 5 heteroatoms. The summed E-state index contributed by atoms with van der Waals surface area (Å²) in [5, 5.41) is 0.769. The summed E-state index contributed by atoms with van der Waals surface area (Å²) in [5.41, 5.74) is 6.83. The smallest absolute Gasteiger partial charge is 0.196 e. The van der Waals surface area contributed by atoms with Crippen molar-refractivity contribution in [2.24, 2.45) is 0 Å². The zero-order valence-electron chi connectivity index (χ0n) is 10.1. The van der Waals surface area contributed by atoms with Crippen LogP contribution >= 0.6 is 23.2 Å². The minimum absolute atomic E-state index is 0.288. The molecule has 0 radical (unpaired) electrons. The first-order valence-electron chi connectivity index (χ1n) is 5.46. The van der Waals surface area contributed by atoms with Crippen molar-refractivity contribution >= 4 is 34.7 Å². The van der Waals surface area contributed by atoms with Crippen molar-refractivity contribution in [2.45, 2.75) is 0 Å². The van der Waals surface area contributed by atoms with E-state index in [-0.39, 0.29) is 5.78 Å². The summed E-state index contributed by atoms with van der Waals surface area (Å²) in [7, 11) is 1.52. The van der Waals surface area contributed by atoms with E-state index in [2.05, 4.69) is 0 Å². The van der Waals surface area contributed by atoms with Gasteiger partial charge in [0, 0.05) is 21.8 Å². The Labute approximate surface area is 120 Å². The highest BCUT2D eigenvalue weighted by Gasteiger charge is 2.16. The van der Waals surface area contributed by atoms with E-state index < -0.39 is 0 Å². The van der Waals surface area contributed by atoms with Gasteiger partial charge in [-0.15, -0.1) is 0 Å². The molecule has 0 aliphatic heterocycles. The van der Waals surface area contributed by atoms with Crippen LogP contribution in [-0.2, 0) is 0 Å². The van der Waals surface area contributed by atoms with E-state index in [4.69, 9.17) is 33.7 Å². The number of carbonyl (C=O) groups is 1. The lowest BCUT2D eigenvalue weighted by atomic mass is 10.0. The summed E-state index contributed by atoms with van der Waals surface area (Å²) in [6.45, 7) is 0. The molecule has 3 nitrogen and oxygen atoms in total. The maximum absolute atomic E-state index is 12.4. The molecule has 0 bridgehead atoms. The Morgan fingerprint density at radius 1 is 1.11 bits per heavy atom. The Bertz CT molecular complexity index is 641. The number of anilines is 1. The Balaban J connectivity index is 2.52. The van der Waals surface area contributed by atoms with E-state index in [1.807, 2.05) is 0 Å². The number of nitrogens with two attached hydrogens (primary N) is 1. The lowest BCUT2D eigenvalue weighted by Crippen LogP contribution is -2.06. The molecular weight excluding hydrogens is 285 g/mol. The first-order valence-corrected chi connectivity index (χ1v) is 6.22. The van der Waals surface area contributed by atoms with Crippen LogP contribution in [-0.4, -0.2) is 12.9 Å². The number of carbonyl (C=O) groups excluding carboxylic acids is 1. The largest absolute Gasteiger partial charge is 0.497 e. The third-order valence-corrected chi connectivity index (χ3v) is 3.24. The molecule has 0 amide bonds. The number of hydrogen-bond donors (Lipinski definition) is 1. The van der Waals surface area contributed by atoms with Gasteiger partial charge < -0.3 is 10.5 Å². The SMILES string of the molecule is COc1ccc(N)c(C(=O)c2cc(Cl)ccc2Cl)c1. The van der Waals surface area contributed by atoms with Gasteiger partial charge in [0.1, 0.15) is 5.75 Å². The fraction of sp³-hybridized carbons (Fsp3) is 0.0714. The second-order valence-electron chi connectivity index (χ2n) is 3.91. The second-order valence-corrected chi connectivity index (χ2v) is 4.75. The Morgan fingerprint density at radius 2 is 1.84 bits per heavy atom. The van der Waals surface area contributed by atoms with E-state index in [9.17, 15) is 4.79 Å². The lowest BCUT2D eigenvalue weighted by molar-refractivity contribution is 0.103. The van der Waals surface area contributed by atoms with Crippen LogP contribution in [0.25, 0.3) is 0 Å². The summed E-state index contributed by atoms with van der Waals surface area (Å²) >= 11 is 11.9. The molecule has 0 atom stereocenters. The summed E-state index contributed by atoms with van der Waals surface area (Å²) in [6.07, 6.45) is 0. The molecule has 19 heavy (non-hydrogen) atoms. The van der Waals surface area contributed by atoms with Crippen molar-refractivity contribution in [3.05, 3.63) is 57.6 Å². The zero-order chi connectivity index (χ0) is 14.0. The minimum atomic E-state index is -0.288. The predicted molar refractivity (Wildman–Crippen MR) is 77.3 cm³/mol. The molecule has 0 aliphatic carbocycles. The molecule has 0 fully saturated rings. The molecule has 0 aliphatic rings. The first kappa shape index (κ1) is 13.7. The van der Waals surface area contributed by atoms with E-state index in [0.717, 1.165) is 0 Å². The molecule has 98 valence electrons. The third-order valence-electron chi connectivity index (χ3n) is 2.68. The van der Waals surface area contributed by atoms with Crippen LogP contribution in [0.3, 0.4) is 0 Å². The quantitative estimate of drug-likeness (QED) is 0.692. The monoisotopic (exact) mass is 295 g/mol. The van der Waals surface area contributed by atoms with Gasteiger partial charge in [0.25, 0.3) is 0 Å². The highest BCUT2D eigenvalue weighted by molar-refractivity contribution is 6.37. The van der Waals surface area contributed by atoms with Crippen molar-refractivity contribution in [2.75, 3.05) is 12.8 Å². The second kappa shape index (κ2) is 5.51. The van der Waals surface area contributed by atoms with Gasteiger partial charge in [-0.25, -0.2) is 0 Å². The van der Waals surface area contributed by atoms with Gasteiger partial charge >= 0.3 is 0 Å². The van der Waals surface area contributed by atoms with Crippen LogP contribution in [0.4, 0.5) is 5.69 Å². The lowest BCUT2D eigenvalue weighted by Gasteiger charge is -2.09. The molecule has 0 aromatic heterocycles. The summed E-state index contributed by atoms with van der Waals surface area (Å²) < 4.78 is 5.08. The number of rotatable bonds is 3. The van der Waals surface area contributed by atoms with Gasteiger partial charge in [-0.3, -0.25) is 4.79 Å². The summed E-state index contributed by atoms with van der Waals surface area (Å²) in [5.74, 6) is 0.264. The van der Waals surface area contributed by atoms with Crippen molar-refractivity contribution < 1.29 is 9.53 Å². The van der Waals surface area contributed by atoms with Gasteiger partial charge in [0.15, 0.2) is 5.78 Å². The average Bonchev–Trinajstić information content (AvgIpc) is 2.41.